The molecule has 0 aliphatic heterocycles. The third-order valence-corrected chi connectivity index (χ3v) is 2.36. The fourth-order valence-electron chi connectivity index (χ4n) is 1.35. The summed E-state index contributed by atoms with van der Waals surface area (Å²) >= 11 is 0. The summed E-state index contributed by atoms with van der Waals surface area (Å²) in [7, 11) is 0. The Morgan fingerprint density at radius 1 is 1.33 bits per heavy atom. The first-order valence-corrected chi connectivity index (χ1v) is 5.28. The van der Waals surface area contributed by atoms with E-state index in [0.717, 1.165) is 6.54 Å². The van der Waals surface area contributed by atoms with Crippen LogP contribution in [-0.4, -0.2) is 30.0 Å². The van der Waals surface area contributed by atoms with Gasteiger partial charge in [0.05, 0.1) is 0 Å². The van der Waals surface area contributed by atoms with Gasteiger partial charge in [-0.3, -0.25) is 9.78 Å². The van der Waals surface area contributed by atoms with Crippen molar-refractivity contribution in [3.8, 4) is 0 Å². The first kappa shape index (κ1) is 10.1. The predicted molar refractivity (Wildman–Crippen MR) is 57.6 cm³/mol. The molecule has 0 atom stereocenters. The Hall–Kier alpha value is -1.42. The minimum Gasteiger partial charge on any atom is -0.351 e. The van der Waals surface area contributed by atoms with E-state index in [-0.39, 0.29) is 5.91 Å². The van der Waals surface area contributed by atoms with Crippen molar-refractivity contribution in [2.24, 2.45) is 0 Å². The van der Waals surface area contributed by atoms with E-state index in [2.05, 4.69) is 15.6 Å². The molecule has 1 amide bonds. The molecule has 4 nitrogen and oxygen atoms in total. The lowest BCUT2D eigenvalue weighted by atomic mass is 10.2. The van der Waals surface area contributed by atoms with Gasteiger partial charge in [-0.1, -0.05) is 0 Å². The standard InChI is InChI=1S/C11H15N3O/c15-11(9-3-5-12-6-4-9)14-8-7-13-10-1-2-10/h3-6,10,13H,1-2,7-8H2,(H,14,15). The molecule has 0 saturated heterocycles. The fourth-order valence-corrected chi connectivity index (χ4v) is 1.35. The third kappa shape index (κ3) is 3.32. The summed E-state index contributed by atoms with van der Waals surface area (Å²) in [5.41, 5.74) is 0.663. The highest BCUT2D eigenvalue weighted by atomic mass is 16.1. The van der Waals surface area contributed by atoms with Crippen molar-refractivity contribution in [1.82, 2.24) is 15.6 Å². The summed E-state index contributed by atoms with van der Waals surface area (Å²) in [4.78, 5) is 15.4. The van der Waals surface area contributed by atoms with Crippen molar-refractivity contribution < 1.29 is 4.79 Å². The van der Waals surface area contributed by atoms with E-state index in [0.29, 0.717) is 18.2 Å². The molecule has 2 rings (SSSR count). The SMILES string of the molecule is O=C(NCCNC1CC1)c1ccncc1. The number of aromatic nitrogens is 1. The van der Waals surface area contributed by atoms with Crippen LogP contribution in [0.1, 0.15) is 23.2 Å². The van der Waals surface area contributed by atoms with Crippen LogP contribution in [-0.2, 0) is 0 Å². The topological polar surface area (TPSA) is 54.0 Å². The van der Waals surface area contributed by atoms with Gasteiger partial charge in [-0.25, -0.2) is 0 Å². The van der Waals surface area contributed by atoms with Gasteiger partial charge in [-0.2, -0.15) is 0 Å². The molecule has 1 heterocycles. The minimum atomic E-state index is -0.0324. The number of rotatable bonds is 5. The van der Waals surface area contributed by atoms with Gasteiger partial charge in [0.25, 0.3) is 5.91 Å². The lowest BCUT2D eigenvalue weighted by Crippen LogP contribution is -2.32. The zero-order valence-electron chi connectivity index (χ0n) is 8.57. The molecule has 0 unspecified atom stereocenters. The van der Waals surface area contributed by atoms with Gasteiger partial charge in [0.1, 0.15) is 0 Å². The largest absolute Gasteiger partial charge is 0.351 e. The van der Waals surface area contributed by atoms with Gasteiger partial charge >= 0.3 is 0 Å². The van der Waals surface area contributed by atoms with E-state index in [1.807, 2.05) is 0 Å². The maximum atomic E-state index is 11.5. The fraction of sp³-hybridized carbons (Fsp3) is 0.455. The molecule has 1 aromatic rings. The number of pyridine rings is 1. The summed E-state index contributed by atoms with van der Waals surface area (Å²) in [6, 6.07) is 4.12. The van der Waals surface area contributed by atoms with Crippen LogP contribution in [0, 0.1) is 0 Å². The molecular weight excluding hydrogens is 190 g/mol. The molecule has 0 bridgehead atoms. The molecule has 0 radical (unpaired) electrons. The monoisotopic (exact) mass is 205 g/mol. The van der Waals surface area contributed by atoms with Crippen LogP contribution in [0.5, 0.6) is 0 Å². The molecule has 1 aliphatic carbocycles. The summed E-state index contributed by atoms with van der Waals surface area (Å²) < 4.78 is 0. The Bertz CT molecular complexity index is 322. The molecule has 1 saturated carbocycles. The first-order valence-electron chi connectivity index (χ1n) is 5.28. The number of hydrogen-bond donors (Lipinski definition) is 2. The summed E-state index contributed by atoms with van der Waals surface area (Å²) in [5, 5.41) is 6.19. The summed E-state index contributed by atoms with van der Waals surface area (Å²) in [5.74, 6) is -0.0324. The molecule has 4 heteroatoms. The van der Waals surface area contributed by atoms with Crippen molar-refractivity contribution in [3.05, 3.63) is 30.1 Å². The molecule has 80 valence electrons. The highest BCUT2D eigenvalue weighted by Crippen LogP contribution is 2.17. The van der Waals surface area contributed by atoms with E-state index < -0.39 is 0 Å². The number of hydrogen-bond acceptors (Lipinski definition) is 3. The molecule has 1 aromatic heterocycles. The first-order chi connectivity index (χ1) is 7.36. The van der Waals surface area contributed by atoms with Crippen molar-refractivity contribution >= 4 is 5.91 Å². The molecule has 1 aliphatic rings. The highest BCUT2D eigenvalue weighted by molar-refractivity contribution is 5.93. The normalized spacial score (nSPS) is 14.9. The Morgan fingerprint density at radius 3 is 2.73 bits per heavy atom. The van der Waals surface area contributed by atoms with E-state index >= 15 is 0 Å². The third-order valence-electron chi connectivity index (χ3n) is 2.36. The zero-order valence-corrected chi connectivity index (χ0v) is 8.57. The maximum Gasteiger partial charge on any atom is 0.251 e. The average Bonchev–Trinajstić information content (AvgIpc) is 3.09. The second kappa shape index (κ2) is 4.89. The minimum absolute atomic E-state index is 0.0324. The van der Waals surface area contributed by atoms with Crippen molar-refractivity contribution in [2.45, 2.75) is 18.9 Å². The van der Waals surface area contributed by atoms with Crippen molar-refractivity contribution in [2.75, 3.05) is 13.1 Å². The zero-order chi connectivity index (χ0) is 10.5. The van der Waals surface area contributed by atoms with Crippen molar-refractivity contribution in [3.63, 3.8) is 0 Å². The lowest BCUT2D eigenvalue weighted by Gasteiger charge is -2.05. The van der Waals surface area contributed by atoms with Gasteiger partial charge in [-0.15, -0.1) is 0 Å². The van der Waals surface area contributed by atoms with Crippen LogP contribution >= 0.6 is 0 Å². The van der Waals surface area contributed by atoms with Gasteiger partial charge in [0, 0.05) is 37.1 Å². The number of amides is 1. The number of carbonyl (C=O) groups is 1. The Kier molecular flexibility index (Phi) is 3.29. The lowest BCUT2D eigenvalue weighted by molar-refractivity contribution is 0.0954. The van der Waals surface area contributed by atoms with Crippen LogP contribution in [0.3, 0.4) is 0 Å². The Labute approximate surface area is 89.1 Å². The maximum absolute atomic E-state index is 11.5. The van der Waals surface area contributed by atoms with Crippen LogP contribution in [0.15, 0.2) is 24.5 Å². The van der Waals surface area contributed by atoms with Crippen LogP contribution in [0.4, 0.5) is 0 Å². The van der Waals surface area contributed by atoms with E-state index in [9.17, 15) is 4.79 Å². The summed E-state index contributed by atoms with van der Waals surface area (Å²) in [6.07, 6.45) is 5.80. The van der Waals surface area contributed by atoms with E-state index in [1.54, 1.807) is 24.5 Å². The van der Waals surface area contributed by atoms with Crippen LogP contribution in [0.2, 0.25) is 0 Å². The average molecular weight is 205 g/mol. The Morgan fingerprint density at radius 2 is 2.07 bits per heavy atom. The van der Waals surface area contributed by atoms with Crippen LogP contribution < -0.4 is 10.6 Å². The van der Waals surface area contributed by atoms with E-state index in [4.69, 9.17) is 0 Å². The molecule has 0 spiro atoms. The predicted octanol–water partition coefficient (Wildman–Crippen LogP) is 0.563. The quantitative estimate of drug-likeness (QED) is 0.691. The molecule has 0 aromatic carbocycles. The molecule has 15 heavy (non-hydrogen) atoms. The van der Waals surface area contributed by atoms with Crippen molar-refractivity contribution in [1.29, 1.82) is 0 Å². The summed E-state index contributed by atoms with van der Waals surface area (Å²) in [6.45, 7) is 1.53. The van der Waals surface area contributed by atoms with Gasteiger partial charge in [0.2, 0.25) is 0 Å². The number of nitrogens with zero attached hydrogens (tertiary/aromatic N) is 1. The second-order valence-electron chi connectivity index (χ2n) is 3.72. The number of nitrogens with one attached hydrogen (secondary N) is 2. The molecular formula is C11H15N3O. The second-order valence-corrected chi connectivity index (χ2v) is 3.72. The Balaban J connectivity index is 1.67. The molecule has 1 fully saturated rings. The van der Waals surface area contributed by atoms with Gasteiger partial charge < -0.3 is 10.6 Å². The van der Waals surface area contributed by atoms with E-state index in [1.165, 1.54) is 12.8 Å². The smallest absolute Gasteiger partial charge is 0.251 e. The number of carbonyl (C=O) groups excluding carboxylic acids is 1. The van der Waals surface area contributed by atoms with Gasteiger partial charge in [-0.05, 0) is 25.0 Å². The van der Waals surface area contributed by atoms with Crippen LogP contribution in [0.25, 0.3) is 0 Å². The van der Waals surface area contributed by atoms with Gasteiger partial charge in [0.15, 0.2) is 0 Å². The highest BCUT2D eigenvalue weighted by Gasteiger charge is 2.19. The molecule has 2 N–H and O–H groups in total.